The third-order valence-electron chi connectivity index (χ3n) is 9.81. The first-order valence-corrected chi connectivity index (χ1v) is 15.1. The summed E-state index contributed by atoms with van der Waals surface area (Å²) in [5.74, 6) is -0.332. The van der Waals surface area contributed by atoms with E-state index < -0.39 is 0 Å². The molecule has 0 amide bonds. The van der Waals surface area contributed by atoms with Gasteiger partial charge in [0.25, 0.3) is 0 Å². The van der Waals surface area contributed by atoms with Crippen LogP contribution >= 0.6 is 0 Å². The van der Waals surface area contributed by atoms with Crippen LogP contribution in [-0.4, -0.2) is 59.7 Å². The molecule has 0 atom stereocenters. The second-order valence-corrected chi connectivity index (χ2v) is 12.0. The van der Waals surface area contributed by atoms with Crippen molar-refractivity contribution in [2.45, 2.75) is 0 Å². The lowest BCUT2D eigenvalue weighted by Gasteiger charge is -2.25. The van der Waals surface area contributed by atoms with Crippen LogP contribution in [0.2, 0.25) is 0 Å². The van der Waals surface area contributed by atoms with Gasteiger partial charge in [0.2, 0.25) is 0 Å². The van der Waals surface area contributed by atoms with E-state index >= 15 is 0 Å². The van der Waals surface area contributed by atoms with Gasteiger partial charge in [-0.1, -0.05) is 107 Å². The van der Waals surface area contributed by atoms with Crippen molar-refractivity contribution < 1.29 is 20.4 Å². The van der Waals surface area contributed by atoms with Crippen molar-refractivity contribution in [3.8, 4) is 56.4 Å². The summed E-state index contributed by atoms with van der Waals surface area (Å²) < 4.78 is 0. The maximum Gasteiger partial charge on any atom is 0.164 e. The third-order valence-corrected chi connectivity index (χ3v) is 9.81. The van der Waals surface area contributed by atoms with Gasteiger partial charge in [0.1, 0.15) is 50.7 Å². The summed E-state index contributed by atoms with van der Waals surface area (Å²) in [6, 6.07) is 30.7. The average Bonchev–Trinajstić information content (AvgIpc) is 3.07. The number of hydrogen-bond acceptors (Lipinski definition) is 4. The molecule has 0 radical (unpaired) electrons. The standard InChI is InChI=1S/C36H29B5O4/c37-28-27(35(44)36(45)30(39)29(28)38)24-21-13-7-6-12-20(21)23(25-26(24)34(43)32(41)31(40)33(25)42)22-15-14-17(16-8-2-1-3-9-16)18-10-4-5-11-19(18)22/h1-15,42-45H,37-41H2. The highest BCUT2D eigenvalue weighted by atomic mass is 16.3. The van der Waals surface area contributed by atoms with E-state index in [0.29, 0.717) is 38.3 Å². The number of phenolic OH excluding ortho intramolecular Hbond substituents is 4. The summed E-state index contributed by atoms with van der Waals surface area (Å²) in [5.41, 5.74) is 8.29. The molecule has 212 valence electrons. The van der Waals surface area contributed by atoms with Crippen LogP contribution in [0.25, 0.3) is 65.7 Å². The maximum absolute atomic E-state index is 12.0. The number of phenols is 4. The molecule has 0 unspecified atom stereocenters. The maximum atomic E-state index is 12.0. The van der Waals surface area contributed by atoms with Crippen molar-refractivity contribution in [1.82, 2.24) is 0 Å². The molecule has 0 bridgehead atoms. The van der Waals surface area contributed by atoms with E-state index in [2.05, 4.69) is 36.4 Å². The Morgan fingerprint density at radius 2 is 0.778 bits per heavy atom. The second kappa shape index (κ2) is 10.5. The molecule has 0 aliphatic heterocycles. The van der Waals surface area contributed by atoms with Crippen LogP contribution in [0.15, 0.2) is 91.0 Å². The molecule has 0 saturated heterocycles. The van der Waals surface area contributed by atoms with Gasteiger partial charge in [-0.2, -0.15) is 0 Å². The molecular weight excluding hydrogens is 550 g/mol. The Morgan fingerprint density at radius 1 is 0.333 bits per heavy atom. The zero-order valence-corrected chi connectivity index (χ0v) is 25.9. The van der Waals surface area contributed by atoms with Crippen molar-refractivity contribution in [1.29, 1.82) is 0 Å². The van der Waals surface area contributed by atoms with E-state index in [1.807, 2.05) is 78.1 Å². The van der Waals surface area contributed by atoms with Crippen LogP contribution < -0.4 is 27.3 Å². The van der Waals surface area contributed by atoms with Gasteiger partial charge >= 0.3 is 0 Å². The Kier molecular flexibility index (Phi) is 6.66. The monoisotopic (exact) mass is 580 g/mol. The van der Waals surface area contributed by atoms with E-state index in [9.17, 15) is 20.4 Å². The molecule has 9 heteroatoms. The molecule has 0 aromatic heterocycles. The summed E-state index contributed by atoms with van der Waals surface area (Å²) in [7, 11) is 9.21. The molecule has 7 aromatic rings. The van der Waals surface area contributed by atoms with Crippen molar-refractivity contribution in [3.63, 3.8) is 0 Å². The molecule has 0 heterocycles. The van der Waals surface area contributed by atoms with Gasteiger partial charge in [-0.3, -0.25) is 0 Å². The lowest BCUT2D eigenvalue weighted by Crippen LogP contribution is -2.40. The fraction of sp³-hybridized carbons (Fsp3) is 0. The first kappa shape index (κ1) is 28.6. The Labute approximate surface area is 266 Å². The highest BCUT2D eigenvalue weighted by Crippen LogP contribution is 2.51. The SMILES string of the molecule is Bc1c(B)c(O)c(O)c(-c2c3ccccc3c(-c3ccc(-c4ccccc4)c4ccccc34)c3c(O)c(B)c(B)c(O)c23)c1B. The highest BCUT2D eigenvalue weighted by Gasteiger charge is 2.28. The molecule has 7 aromatic carbocycles. The third kappa shape index (κ3) is 4.07. The molecule has 0 fully saturated rings. The van der Waals surface area contributed by atoms with Crippen molar-refractivity contribution in [3.05, 3.63) is 91.0 Å². The predicted octanol–water partition coefficient (Wildman–Crippen LogP) is 0.262. The minimum absolute atomic E-state index is 0.0315. The molecule has 4 N–H and O–H groups in total. The van der Waals surface area contributed by atoms with E-state index in [4.69, 9.17) is 0 Å². The zero-order chi connectivity index (χ0) is 31.7. The summed E-state index contributed by atoms with van der Waals surface area (Å²) in [6.45, 7) is 0. The normalized spacial score (nSPS) is 11.5. The minimum atomic E-state index is -0.246. The second-order valence-electron chi connectivity index (χ2n) is 12.0. The Morgan fingerprint density at radius 3 is 1.38 bits per heavy atom. The quantitative estimate of drug-likeness (QED) is 0.105. The topological polar surface area (TPSA) is 80.9 Å². The molecule has 0 saturated carbocycles. The molecular formula is C36H29B5O4. The van der Waals surface area contributed by atoms with Crippen LogP contribution in [0.3, 0.4) is 0 Å². The van der Waals surface area contributed by atoms with E-state index in [-0.39, 0.29) is 23.0 Å². The largest absolute Gasteiger partial charge is 0.508 e. The fourth-order valence-electron chi connectivity index (χ4n) is 6.99. The summed E-state index contributed by atoms with van der Waals surface area (Å²) in [5, 5.41) is 51.2. The molecule has 0 aliphatic carbocycles. The molecule has 0 aliphatic rings. The Bertz CT molecular complexity index is 2340. The Hall–Kier alpha value is -5.16. The van der Waals surface area contributed by atoms with E-state index in [1.54, 1.807) is 15.7 Å². The molecule has 45 heavy (non-hydrogen) atoms. The lowest BCUT2D eigenvalue weighted by atomic mass is 9.67. The minimum Gasteiger partial charge on any atom is -0.508 e. The molecule has 0 spiro atoms. The summed E-state index contributed by atoms with van der Waals surface area (Å²) in [6.07, 6.45) is 0. The van der Waals surface area contributed by atoms with E-state index in [0.717, 1.165) is 54.7 Å². The fourth-order valence-corrected chi connectivity index (χ4v) is 6.99. The first-order valence-electron chi connectivity index (χ1n) is 15.1. The van der Waals surface area contributed by atoms with Crippen LogP contribution in [-0.2, 0) is 0 Å². The van der Waals surface area contributed by atoms with E-state index in [1.165, 1.54) is 0 Å². The Balaban J connectivity index is 1.74. The lowest BCUT2D eigenvalue weighted by molar-refractivity contribution is 0.409. The first-order chi connectivity index (χ1) is 21.6. The van der Waals surface area contributed by atoms with Gasteiger partial charge in [0, 0.05) is 27.5 Å². The van der Waals surface area contributed by atoms with Gasteiger partial charge in [-0.25, -0.2) is 0 Å². The number of hydrogen-bond donors (Lipinski definition) is 4. The smallest absolute Gasteiger partial charge is 0.164 e. The van der Waals surface area contributed by atoms with Gasteiger partial charge < -0.3 is 20.4 Å². The van der Waals surface area contributed by atoms with Crippen LogP contribution in [0.1, 0.15) is 0 Å². The van der Waals surface area contributed by atoms with Crippen molar-refractivity contribution in [2.75, 3.05) is 0 Å². The number of benzene rings is 7. The van der Waals surface area contributed by atoms with Crippen molar-refractivity contribution >= 4 is 98.9 Å². The van der Waals surface area contributed by atoms with Crippen LogP contribution in [0, 0.1) is 0 Å². The average molecular weight is 580 g/mol. The van der Waals surface area contributed by atoms with Gasteiger partial charge in [-0.15, -0.1) is 0 Å². The van der Waals surface area contributed by atoms with Gasteiger partial charge in [0.15, 0.2) is 11.5 Å². The zero-order valence-electron chi connectivity index (χ0n) is 25.9. The molecule has 4 nitrogen and oxygen atoms in total. The molecule has 7 rings (SSSR count). The predicted molar refractivity (Wildman–Crippen MR) is 203 cm³/mol. The summed E-state index contributed by atoms with van der Waals surface area (Å²) >= 11 is 0. The highest BCUT2D eigenvalue weighted by molar-refractivity contribution is 6.60. The van der Waals surface area contributed by atoms with Crippen molar-refractivity contribution in [2.24, 2.45) is 0 Å². The summed E-state index contributed by atoms with van der Waals surface area (Å²) in [4.78, 5) is 0. The van der Waals surface area contributed by atoms with Gasteiger partial charge in [0.05, 0.1) is 0 Å². The van der Waals surface area contributed by atoms with Crippen LogP contribution in [0.5, 0.6) is 23.0 Å². The number of aromatic hydroxyl groups is 4. The number of rotatable bonds is 3. The van der Waals surface area contributed by atoms with Gasteiger partial charge in [-0.05, 0) is 49.2 Å². The van der Waals surface area contributed by atoms with Crippen LogP contribution in [0.4, 0.5) is 0 Å². The number of fused-ring (bicyclic) bond motifs is 3.